The van der Waals surface area contributed by atoms with Gasteiger partial charge in [-0.05, 0) is 72.7 Å². The van der Waals surface area contributed by atoms with Gasteiger partial charge in [0, 0.05) is 5.56 Å². The van der Waals surface area contributed by atoms with Gasteiger partial charge in [0.2, 0.25) is 0 Å². The smallest absolute Gasteiger partial charge is 0.296 e. The van der Waals surface area contributed by atoms with E-state index < -0.39 is 17.7 Å². The summed E-state index contributed by atoms with van der Waals surface area (Å²) in [5.41, 5.74) is 3.83. The zero-order chi connectivity index (χ0) is 22.9. The van der Waals surface area contributed by atoms with Crippen LogP contribution in [0.5, 0.6) is 5.75 Å². The monoisotopic (exact) mass is 443 g/mol. The molecule has 1 amide bonds. The molecule has 6 heteroatoms. The van der Waals surface area contributed by atoms with Crippen LogP contribution in [0.2, 0.25) is 0 Å². The summed E-state index contributed by atoms with van der Waals surface area (Å²) in [5.74, 6) is -0.283. The van der Waals surface area contributed by atoms with Gasteiger partial charge in [0.05, 0.1) is 31.5 Å². The number of carbonyl (C=O) groups excluding carboxylic acids is 2. The number of nitrogens with zero attached hydrogens (tertiary/aromatic N) is 1. The molecule has 2 aromatic carbocycles. The number of fused-ring (bicyclic) bond motifs is 1. The third kappa shape index (κ3) is 3.82. The molecule has 0 spiro atoms. The molecule has 1 aliphatic heterocycles. The van der Waals surface area contributed by atoms with Gasteiger partial charge in [-0.3, -0.25) is 9.59 Å². The van der Waals surface area contributed by atoms with E-state index in [1.54, 1.807) is 31.4 Å². The lowest BCUT2D eigenvalue weighted by Crippen LogP contribution is -2.29. The number of furan rings is 1. The Hall–Kier alpha value is -3.80. The molecule has 1 N–H and O–H groups in total. The van der Waals surface area contributed by atoms with Crippen molar-refractivity contribution in [1.82, 2.24) is 4.90 Å². The first-order valence-corrected chi connectivity index (χ1v) is 11.1. The van der Waals surface area contributed by atoms with Crippen LogP contribution in [-0.2, 0) is 29.0 Å². The van der Waals surface area contributed by atoms with Crippen LogP contribution in [-0.4, -0.2) is 28.8 Å². The minimum atomic E-state index is -0.739. The van der Waals surface area contributed by atoms with Crippen molar-refractivity contribution in [3.05, 3.63) is 94.4 Å². The van der Waals surface area contributed by atoms with Gasteiger partial charge in [0.25, 0.3) is 11.7 Å². The van der Waals surface area contributed by atoms with Crippen LogP contribution >= 0.6 is 0 Å². The Kier molecular flexibility index (Phi) is 5.50. The quantitative estimate of drug-likeness (QED) is 0.348. The maximum absolute atomic E-state index is 13.2. The molecule has 1 atom stereocenters. The molecule has 1 aliphatic carbocycles. The molecule has 1 fully saturated rings. The number of rotatable bonds is 5. The van der Waals surface area contributed by atoms with E-state index >= 15 is 0 Å². The number of methoxy groups -OCH3 is 1. The molecule has 33 heavy (non-hydrogen) atoms. The Labute approximate surface area is 192 Å². The van der Waals surface area contributed by atoms with E-state index in [0.29, 0.717) is 22.6 Å². The number of carbonyl (C=O) groups is 2. The van der Waals surface area contributed by atoms with Gasteiger partial charge in [-0.25, -0.2) is 0 Å². The fourth-order valence-electron chi connectivity index (χ4n) is 4.78. The van der Waals surface area contributed by atoms with E-state index in [0.717, 1.165) is 25.7 Å². The SMILES string of the molecule is COc1ccc(C2/C(=C(/O)c3ccc4c(c3)CCCC4)C(=O)C(=O)N2Cc2ccco2)cc1. The van der Waals surface area contributed by atoms with Crippen molar-refractivity contribution in [2.75, 3.05) is 7.11 Å². The Bertz CT molecular complexity index is 1220. The molecule has 1 unspecified atom stereocenters. The van der Waals surface area contributed by atoms with Crippen LogP contribution in [0.25, 0.3) is 5.76 Å². The topological polar surface area (TPSA) is 80.0 Å². The van der Waals surface area contributed by atoms with Crippen LogP contribution < -0.4 is 4.74 Å². The van der Waals surface area contributed by atoms with Gasteiger partial charge in [-0.1, -0.05) is 24.3 Å². The van der Waals surface area contributed by atoms with Crippen molar-refractivity contribution in [2.24, 2.45) is 0 Å². The second-order valence-corrected chi connectivity index (χ2v) is 8.47. The molecule has 3 aromatic rings. The Morgan fingerprint density at radius 1 is 1.06 bits per heavy atom. The predicted molar refractivity (Wildman–Crippen MR) is 123 cm³/mol. The number of ether oxygens (including phenoxy) is 1. The summed E-state index contributed by atoms with van der Waals surface area (Å²) >= 11 is 0. The summed E-state index contributed by atoms with van der Waals surface area (Å²) in [7, 11) is 1.58. The Morgan fingerprint density at radius 3 is 2.52 bits per heavy atom. The van der Waals surface area contributed by atoms with Crippen LogP contribution in [0.1, 0.15) is 46.9 Å². The lowest BCUT2D eigenvalue weighted by Gasteiger charge is -2.25. The molecule has 0 bridgehead atoms. The minimum Gasteiger partial charge on any atom is -0.507 e. The van der Waals surface area contributed by atoms with Gasteiger partial charge in [-0.15, -0.1) is 0 Å². The molecule has 5 rings (SSSR count). The molecular formula is C27H25NO5. The average Bonchev–Trinajstić information content (AvgIpc) is 3.46. The number of ketones is 1. The molecule has 1 aromatic heterocycles. The minimum absolute atomic E-state index is 0.0903. The third-order valence-corrected chi connectivity index (χ3v) is 6.50. The van der Waals surface area contributed by atoms with E-state index in [9.17, 15) is 14.7 Å². The average molecular weight is 443 g/mol. The van der Waals surface area contributed by atoms with Gasteiger partial charge >= 0.3 is 0 Å². The van der Waals surface area contributed by atoms with Gasteiger partial charge in [0.15, 0.2) is 0 Å². The van der Waals surface area contributed by atoms with Crippen molar-refractivity contribution < 1.29 is 23.8 Å². The lowest BCUT2D eigenvalue weighted by molar-refractivity contribution is -0.140. The molecule has 0 radical (unpaired) electrons. The van der Waals surface area contributed by atoms with Crippen LogP contribution in [0.15, 0.2) is 70.9 Å². The molecule has 6 nitrogen and oxygen atoms in total. The van der Waals surface area contributed by atoms with E-state index in [2.05, 4.69) is 0 Å². The van der Waals surface area contributed by atoms with E-state index in [4.69, 9.17) is 9.15 Å². The maximum Gasteiger partial charge on any atom is 0.296 e. The fraction of sp³-hybridized carbons (Fsp3) is 0.259. The van der Waals surface area contributed by atoms with Crippen LogP contribution in [0.4, 0.5) is 0 Å². The number of Topliss-reactive ketones (excluding diaryl/α,β-unsaturated/α-hetero) is 1. The molecular weight excluding hydrogens is 418 g/mol. The molecule has 0 saturated carbocycles. The van der Waals surface area contributed by atoms with E-state index in [1.165, 1.54) is 22.3 Å². The highest BCUT2D eigenvalue weighted by Crippen LogP contribution is 2.41. The van der Waals surface area contributed by atoms with Crippen LogP contribution in [0, 0.1) is 0 Å². The highest BCUT2D eigenvalue weighted by molar-refractivity contribution is 6.46. The number of amides is 1. The first-order chi connectivity index (χ1) is 16.1. The first-order valence-electron chi connectivity index (χ1n) is 11.1. The first kappa shape index (κ1) is 21.1. The summed E-state index contributed by atoms with van der Waals surface area (Å²) in [6.07, 6.45) is 5.77. The Morgan fingerprint density at radius 2 is 1.82 bits per heavy atom. The predicted octanol–water partition coefficient (Wildman–Crippen LogP) is 4.79. The Balaban J connectivity index is 1.62. The summed E-state index contributed by atoms with van der Waals surface area (Å²) < 4.78 is 10.7. The number of aryl methyl sites for hydroxylation is 2. The van der Waals surface area contributed by atoms with Gasteiger partial charge in [0.1, 0.15) is 17.3 Å². The van der Waals surface area contributed by atoms with Crippen molar-refractivity contribution >= 4 is 17.4 Å². The van der Waals surface area contributed by atoms with Gasteiger partial charge in [-0.2, -0.15) is 0 Å². The van der Waals surface area contributed by atoms with Crippen LogP contribution in [0.3, 0.4) is 0 Å². The van der Waals surface area contributed by atoms with Crippen molar-refractivity contribution in [2.45, 2.75) is 38.3 Å². The zero-order valence-corrected chi connectivity index (χ0v) is 18.4. The highest BCUT2D eigenvalue weighted by Gasteiger charge is 2.46. The number of aliphatic hydroxyl groups excluding tert-OH is 1. The number of hydrogen-bond acceptors (Lipinski definition) is 5. The number of likely N-dealkylation sites (tertiary alicyclic amines) is 1. The fourth-order valence-corrected chi connectivity index (χ4v) is 4.78. The highest BCUT2D eigenvalue weighted by atomic mass is 16.5. The lowest BCUT2D eigenvalue weighted by atomic mass is 9.88. The van der Waals surface area contributed by atoms with E-state index in [1.807, 2.05) is 30.3 Å². The normalized spacial score (nSPS) is 19.5. The molecule has 2 aliphatic rings. The largest absolute Gasteiger partial charge is 0.507 e. The number of hydrogen-bond donors (Lipinski definition) is 1. The second-order valence-electron chi connectivity index (χ2n) is 8.47. The number of benzene rings is 2. The van der Waals surface area contributed by atoms with Crippen molar-refractivity contribution in [3.8, 4) is 5.75 Å². The second kappa shape index (κ2) is 8.62. The van der Waals surface area contributed by atoms with Crippen molar-refractivity contribution in [1.29, 1.82) is 0 Å². The number of aliphatic hydroxyl groups is 1. The van der Waals surface area contributed by atoms with E-state index in [-0.39, 0.29) is 17.9 Å². The summed E-state index contributed by atoms with van der Waals surface area (Å²) in [6.45, 7) is 0.120. The zero-order valence-electron chi connectivity index (χ0n) is 18.4. The third-order valence-electron chi connectivity index (χ3n) is 6.50. The maximum atomic E-state index is 13.2. The summed E-state index contributed by atoms with van der Waals surface area (Å²) in [4.78, 5) is 27.7. The summed E-state index contributed by atoms with van der Waals surface area (Å²) in [6, 6.07) is 15.7. The molecule has 1 saturated heterocycles. The van der Waals surface area contributed by atoms with Gasteiger partial charge < -0.3 is 19.2 Å². The standard InChI is InChI=1S/C27H25NO5/c1-32-21-12-10-18(11-13-21)24-23(26(30)27(31)28(24)16-22-7-4-14-33-22)25(29)20-9-8-17-5-2-3-6-19(17)15-20/h4,7-15,24,29H,2-3,5-6,16H2,1H3/b25-23-. The molecule has 168 valence electrons. The summed E-state index contributed by atoms with van der Waals surface area (Å²) in [5, 5.41) is 11.3. The molecule has 2 heterocycles. The van der Waals surface area contributed by atoms with Crippen molar-refractivity contribution in [3.63, 3.8) is 0 Å².